The number of likely N-dealkylation sites (tertiary alicyclic amines) is 1. The van der Waals surface area contributed by atoms with Crippen LogP contribution in [0.3, 0.4) is 0 Å². The van der Waals surface area contributed by atoms with Crippen molar-refractivity contribution in [3.05, 3.63) is 88.8 Å². The van der Waals surface area contributed by atoms with Crippen LogP contribution in [0.2, 0.25) is 0 Å². The lowest BCUT2D eigenvalue weighted by Gasteiger charge is -2.28. The molecular formula is C28H29ClFN5O2. The molecule has 0 saturated carbocycles. The average molecular weight is 522 g/mol. The van der Waals surface area contributed by atoms with Crippen molar-refractivity contribution in [1.82, 2.24) is 19.3 Å². The minimum absolute atomic E-state index is 0. The van der Waals surface area contributed by atoms with Crippen LogP contribution in [0.1, 0.15) is 40.2 Å². The molecule has 9 heteroatoms. The second-order valence-corrected chi connectivity index (χ2v) is 9.14. The molecule has 0 spiro atoms. The minimum atomic E-state index is -0.672. The summed E-state index contributed by atoms with van der Waals surface area (Å²) in [6.07, 6.45) is 6.20. The van der Waals surface area contributed by atoms with Gasteiger partial charge in [0.25, 0.3) is 5.91 Å². The maximum Gasteiger partial charge on any atom is 0.271 e. The zero-order valence-electron chi connectivity index (χ0n) is 20.5. The first-order chi connectivity index (χ1) is 17.4. The maximum absolute atomic E-state index is 13.4. The summed E-state index contributed by atoms with van der Waals surface area (Å²) in [5.74, 6) is -0.858. The number of carbonyl (C=O) groups excluding carboxylic acids is 1. The minimum Gasteiger partial charge on any atom is -0.494 e. The summed E-state index contributed by atoms with van der Waals surface area (Å²) in [5.41, 5.74) is 11.7. The fourth-order valence-corrected chi connectivity index (χ4v) is 4.82. The van der Waals surface area contributed by atoms with Crippen molar-refractivity contribution in [3.8, 4) is 17.0 Å². The predicted octanol–water partition coefficient (Wildman–Crippen LogP) is 4.79. The number of fused-ring (bicyclic) bond motifs is 1. The molecular weight excluding hydrogens is 493 g/mol. The lowest BCUT2D eigenvalue weighted by Crippen LogP contribution is -2.32. The number of nitrogens with zero attached hydrogens (tertiary/aromatic N) is 4. The van der Waals surface area contributed by atoms with E-state index in [1.807, 2.05) is 31.2 Å². The van der Waals surface area contributed by atoms with E-state index in [0.29, 0.717) is 12.1 Å². The van der Waals surface area contributed by atoms with Gasteiger partial charge < -0.3 is 15.7 Å². The van der Waals surface area contributed by atoms with E-state index in [4.69, 9.17) is 5.73 Å². The number of nitrogens with two attached hydrogens (primary N) is 1. The number of carbonyl (C=O) groups is 1. The Morgan fingerprint density at radius 1 is 1.14 bits per heavy atom. The first-order valence-corrected chi connectivity index (χ1v) is 12.0. The molecule has 37 heavy (non-hydrogen) atoms. The van der Waals surface area contributed by atoms with Crippen molar-refractivity contribution in [2.24, 2.45) is 5.73 Å². The summed E-state index contributed by atoms with van der Waals surface area (Å²) < 4.78 is 14.8. The number of aromatic hydroxyl groups is 1. The molecule has 5 rings (SSSR count). The van der Waals surface area contributed by atoms with Crippen LogP contribution in [-0.2, 0) is 6.42 Å². The van der Waals surface area contributed by atoms with Gasteiger partial charge in [0.15, 0.2) is 11.3 Å². The highest BCUT2D eigenvalue weighted by atomic mass is 35.5. The van der Waals surface area contributed by atoms with Gasteiger partial charge in [-0.3, -0.25) is 9.20 Å². The molecule has 2 aromatic carbocycles. The summed E-state index contributed by atoms with van der Waals surface area (Å²) >= 11 is 0. The first-order valence-electron chi connectivity index (χ1n) is 12.0. The third kappa shape index (κ3) is 5.50. The van der Waals surface area contributed by atoms with E-state index in [1.54, 1.807) is 0 Å². The number of primary amides is 1. The molecule has 0 atom stereocenters. The van der Waals surface area contributed by atoms with Gasteiger partial charge in [-0.05, 0) is 55.0 Å². The van der Waals surface area contributed by atoms with Gasteiger partial charge in [0.2, 0.25) is 5.88 Å². The number of halogens is 2. The number of aromatic nitrogens is 3. The monoisotopic (exact) mass is 521 g/mol. The number of imidazole rings is 1. The molecule has 3 heterocycles. The third-order valence-corrected chi connectivity index (χ3v) is 6.84. The van der Waals surface area contributed by atoms with Crippen molar-refractivity contribution in [2.45, 2.75) is 26.2 Å². The molecule has 1 fully saturated rings. The fraction of sp³-hybridized carbons (Fsp3) is 0.250. The fourth-order valence-electron chi connectivity index (χ4n) is 4.82. The Labute approximate surface area is 220 Å². The smallest absolute Gasteiger partial charge is 0.271 e. The van der Waals surface area contributed by atoms with Crippen molar-refractivity contribution in [1.29, 1.82) is 0 Å². The molecule has 1 amide bonds. The van der Waals surface area contributed by atoms with E-state index in [1.165, 1.54) is 28.4 Å². The van der Waals surface area contributed by atoms with Gasteiger partial charge in [0, 0.05) is 30.9 Å². The zero-order chi connectivity index (χ0) is 25.2. The highest BCUT2D eigenvalue weighted by Gasteiger charge is 2.20. The van der Waals surface area contributed by atoms with Gasteiger partial charge in [-0.25, -0.2) is 14.4 Å². The first kappa shape index (κ1) is 26.3. The lowest BCUT2D eigenvalue weighted by atomic mass is 9.95. The molecule has 0 unspecified atom stereocenters. The quantitative estimate of drug-likeness (QED) is 0.380. The molecule has 192 valence electrons. The molecule has 4 aromatic rings. The van der Waals surface area contributed by atoms with Gasteiger partial charge in [-0.2, -0.15) is 0 Å². The molecule has 1 aliphatic rings. The van der Waals surface area contributed by atoms with Crippen molar-refractivity contribution >= 4 is 30.0 Å². The number of hydrogen-bond acceptors (Lipinski definition) is 5. The zero-order valence-corrected chi connectivity index (χ0v) is 21.3. The van der Waals surface area contributed by atoms with Crippen LogP contribution in [0.15, 0.2) is 60.4 Å². The number of hydrogen-bond donors (Lipinski definition) is 2. The Bertz CT molecular complexity index is 1460. The van der Waals surface area contributed by atoms with Crippen molar-refractivity contribution < 1.29 is 14.3 Å². The summed E-state index contributed by atoms with van der Waals surface area (Å²) in [7, 11) is 0. The van der Waals surface area contributed by atoms with Gasteiger partial charge in [0.1, 0.15) is 12.1 Å². The van der Waals surface area contributed by atoms with E-state index < -0.39 is 5.91 Å². The summed E-state index contributed by atoms with van der Waals surface area (Å²) in [6.45, 7) is 4.47. The second-order valence-electron chi connectivity index (χ2n) is 9.14. The SMILES string of the molecule is Cc1nc2c(C(N)=O)ncn2c(O)c1CCN1CCC(=Cc2ccccc2-c2ccc(F)cc2)CC1.Cl. The number of piperidine rings is 1. The van der Waals surface area contributed by atoms with E-state index in [9.17, 15) is 14.3 Å². The number of aryl methyl sites for hydroxylation is 1. The van der Waals surface area contributed by atoms with E-state index in [2.05, 4.69) is 33.1 Å². The predicted molar refractivity (Wildman–Crippen MR) is 144 cm³/mol. The highest BCUT2D eigenvalue weighted by Crippen LogP contribution is 2.29. The molecule has 3 N–H and O–H groups in total. The van der Waals surface area contributed by atoms with Gasteiger partial charge in [0.05, 0.1) is 0 Å². The summed E-state index contributed by atoms with van der Waals surface area (Å²) in [6, 6.07) is 14.8. The molecule has 2 aromatic heterocycles. The van der Waals surface area contributed by atoms with Crippen LogP contribution < -0.4 is 5.73 Å². The summed E-state index contributed by atoms with van der Waals surface area (Å²) in [4.78, 5) is 22.4. The Morgan fingerprint density at radius 2 is 1.84 bits per heavy atom. The normalized spacial score (nSPS) is 13.9. The number of amides is 1. The lowest BCUT2D eigenvalue weighted by molar-refractivity contribution is 0.0997. The largest absolute Gasteiger partial charge is 0.494 e. The number of benzene rings is 2. The Hall–Kier alpha value is -3.75. The van der Waals surface area contributed by atoms with E-state index in [0.717, 1.165) is 54.7 Å². The second kappa shape index (κ2) is 11.1. The summed E-state index contributed by atoms with van der Waals surface area (Å²) in [5, 5.41) is 10.8. The standard InChI is InChI=1S/C28H28FN5O2.ClH/c1-18-23(28(36)34-17-31-25(26(30)35)27(34)32-18)12-15-33-13-10-19(11-14-33)16-21-4-2-3-5-24(21)20-6-8-22(29)9-7-20;/h2-9,16-17,36H,10-15H2,1H3,(H2,30,35);1H. The Balaban J connectivity index is 0.00000320. The van der Waals surface area contributed by atoms with Gasteiger partial charge in [-0.1, -0.05) is 48.0 Å². The molecule has 0 radical (unpaired) electrons. The molecule has 0 bridgehead atoms. The van der Waals surface area contributed by atoms with Crippen LogP contribution in [0.25, 0.3) is 22.9 Å². The van der Waals surface area contributed by atoms with Crippen molar-refractivity contribution in [3.63, 3.8) is 0 Å². The van der Waals surface area contributed by atoms with Crippen LogP contribution in [0, 0.1) is 12.7 Å². The highest BCUT2D eigenvalue weighted by molar-refractivity contribution is 5.96. The molecule has 1 saturated heterocycles. The maximum atomic E-state index is 13.4. The average Bonchev–Trinajstić information content (AvgIpc) is 3.30. The van der Waals surface area contributed by atoms with Crippen LogP contribution in [-0.4, -0.2) is 49.9 Å². The topological polar surface area (TPSA) is 96.8 Å². The molecule has 1 aliphatic heterocycles. The van der Waals surface area contributed by atoms with E-state index >= 15 is 0 Å². The van der Waals surface area contributed by atoms with Crippen LogP contribution >= 0.6 is 12.4 Å². The Kier molecular flexibility index (Phi) is 7.90. The molecule has 7 nitrogen and oxygen atoms in total. The van der Waals surface area contributed by atoms with Crippen LogP contribution in [0.5, 0.6) is 5.88 Å². The third-order valence-electron chi connectivity index (χ3n) is 6.84. The molecule has 0 aliphatic carbocycles. The number of rotatable bonds is 6. The Morgan fingerprint density at radius 3 is 2.54 bits per heavy atom. The van der Waals surface area contributed by atoms with Crippen molar-refractivity contribution in [2.75, 3.05) is 19.6 Å². The van der Waals surface area contributed by atoms with Crippen LogP contribution in [0.4, 0.5) is 4.39 Å². The van der Waals surface area contributed by atoms with Gasteiger partial charge in [-0.15, -0.1) is 12.4 Å². The van der Waals surface area contributed by atoms with Gasteiger partial charge >= 0.3 is 0 Å². The van der Waals surface area contributed by atoms with E-state index in [-0.39, 0.29) is 35.4 Å².